The van der Waals surface area contributed by atoms with Gasteiger partial charge in [-0.3, -0.25) is 4.79 Å². The van der Waals surface area contributed by atoms with Crippen LogP contribution in [-0.4, -0.2) is 31.5 Å². The maximum atomic E-state index is 11.7. The van der Waals surface area contributed by atoms with Crippen molar-refractivity contribution in [1.29, 1.82) is 0 Å². The van der Waals surface area contributed by atoms with Crippen molar-refractivity contribution in [2.75, 3.05) is 20.3 Å². The van der Waals surface area contributed by atoms with Gasteiger partial charge in [0.25, 0.3) is 0 Å². The monoisotopic (exact) mass is 231 g/mol. The fourth-order valence-corrected chi connectivity index (χ4v) is 2.98. The van der Waals surface area contributed by atoms with Crippen LogP contribution in [0.3, 0.4) is 0 Å². The van der Waals surface area contributed by atoms with Crippen molar-refractivity contribution in [3.8, 4) is 0 Å². The second-order valence-corrected chi connectivity index (χ2v) is 5.20. The van der Waals surface area contributed by atoms with Crippen molar-refractivity contribution in [2.24, 2.45) is 17.8 Å². The Morgan fingerprint density at radius 3 is 2.80 bits per heavy atom. The summed E-state index contributed by atoms with van der Waals surface area (Å²) in [7, 11) is 1.61. The average molecular weight is 232 g/mol. The molecule has 86 valence electrons. The SMILES string of the molecule is COCC(Cl)CNC(=O)C1C2CCCC21. The molecule has 0 aromatic carbocycles. The summed E-state index contributed by atoms with van der Waals surface area (Å²) >= 11 is 5.93. The Labute approximate surface area is 95.5 Å². The molecule has 3 nitrogen and oxygen atoms in total. The second-order valence-electron chi connectivity index (χ2n) is 4.58. The Bertz CT molecular complexity index is 237. The van der Waals surface area contributed by atoms with Crippen LogP contribution >= 0.6 is 11.6 Å². The van der Waals surface area contributed by atoms with Gasteiger partial charge in [-0.05, 0) is 24.7 Å². The van der Waals surface area contributed by atoms with Gasteiger partial charge in [0.1, 0.15) is 0 Å². The molecule has 1 N–H and O–H groups in total. The summed E-state index contributed by atoms with van der Waals surface area (Å²) in [4.78, 5) is 11.7. The van der Waals surface area contributed by atoms with E-state index in [4.69, 9.17) is 16.3 Å². The predicted molar refractivity (Wildman–Crippen MR) is 58.8 cm³/mol. The van der Waals surface area contributed by atoms with E-state index in [9.17, 15) is 4.79 Å². The van der Waals surface area contributed by atoms with E-state index in [-0.39, 0.29) is 11.3 Å². The molecule has 2 fully saturated rings. The Morgan fingerprint density at radius 2 is 2.20 bits per heavy atom. The van der Waals surface area contributed by atoms with Gasteiger partial charge < -0.3 is 10.1 Å². The number of methoxy groups -OCH3 is 1. The summed E-state index contributed by atoms with van der Waals surface area (Å²) in [5.41, 5.74) is 0. The van der Waals surface area contributed by atoms with Crippen molar-refractivity contribution in [3.63, 3.8) is 0 Å². The van der Waals surface area contributed by atoms with E-state index in [1.807, 2.05) is 0 Å². The van der Waals surface area contributed by atoms with Crippen LogP contribution < -0.4 is 5.32 Å². The van der Waals surface area contributed by atoms with Gasteiger partial charge in [-0.1, -0.05) is 6.42 Å². The quantitative estimate of drug-likeness (QED) is 0.727. The minimum absolute atomic E-state index is 0.113. The lowest BCUT2D eigenvalue weighted by molar-refractivity contribution is -0.123. The number of halogens is 1. The Morgan fingerprint density at radius 1 is 1.53 bits per heavy atom. The Kier molecular flexibility index (Phi) is 3.52. The highest BCUT2D eigenvalue weighted by atomic mass is 35.5. The number of ether oxygens (including phenoxy) is 1. The fraction of sp³-hybridized carbons (Fsp3) is 0.909. The molecule has 1 amide bonds. The van der Waals surface area contributed by atoms with Crippen LogP contribution in [0.4, 0.5) is 0 Å². The molecule has 4 heteroatoms. The number of fused-ring (bicyclic) bond motifs is 1. The average Bonchev–Trinajstić information content (AvgIpc) is 2.69. The lowest BCUT2D eigenvalue weighted by Crippen LogP contribution is -2.33. The third-order valence-corrected chi connectivity index (χ3v) is 3.83. The molecule has 2 aliphatic rings. The summed E-state index contributed by atoms with van der Waals surface area (Å²) < 4.78 is 4.90. The predicted octanol–water partition coefficient (Wildman–Crippen LogP) is 1.40. The maximum Gasteiger partial charge on any atom is 0.223 e. The van der Waals surface area contributed by atoms with E-state index >= 15 is 0 Å². The van der Waals surface area contributed by atoms with Crippen molar-refractivity contribution >= 4 is 17.5 Å². The molecular weight excluding hydrogens is 214 g/mol. The van der Waals surface area contributed by atoms with Crippen LogP contribution in [0.25, 0.3) is 0 Å². The first kappa shape index (κ1) is 11.2. The van der Waals surface area contributed by atoms with E-state index in [1.54, 1.807) is 7.11 Å². The zero-order valence-corrected chi connectivity index (χ0v) is 9.80. The number of carbonyl (C=O) groups excluding carboxylic acids is 1. The summed E-state index contributed by atoms with van der Waals surface area (Å²) in [5, 5.41) is 2.79. The van der Waals surface area contributed by atoms with Crippen LogP contribution in [0.15, 0.2) is 0 Å². The van der Waals surface area contributed by atoms with Gasteiger partial charge in [-0.25, -0.2) is 0 Å². The molecular formula is C11H18ClNO2. The summed E-state index contributed by atoms with van der Waals surface area (Å²) in [6, 6.07) is 0. The largest absolute Gasteiger partial charge is 0.383 e. The molecule has 0 saturated heterocycles. The molecule has 0 heterocycles. The standard InChI is InChI=1S/C11H18ClNO2/c1-15-6-7(12)5-13-11(14)10-8-3-2-4-9(8)10/h7-10H,2-6H2,1H3,(H,13,14). The highest BCUT2D eigenvalue weighted by Crippen LogP contribution is 2.57. The number of hydrogen-bond donors (Lipinski definition) is 1. The van der Waals surface area contributed by atoms with Gasteiger partial charge in [0.15, 0.2) is 0 Å². The smallest absolute Gasteiger partial charge is 0.223 e. The van der Waals surface area contributed by atoms with Gasteiger partial charge in [0.2, 0.25) is 5.91 Å². The first-order chi connectivity index (χ1) is 7.24. The number of nitrogens with one attached hydrogen (secondary N) is 1. The van der Waals surface area contributed by atoms with Gasteiger partial charge in [0.05, 0.1) is 12.0 Å². The number of hydrogen-bond acceptors (Lipinski definition) is 2. The molecule has 0 bridgehead atoms. The molecule has 0 spiro atoms. The lowest BCUT2D eigenvalue weighted by Gasteiger charge is -2.10. The lowest BCUT2D eigenvalue weighted by atomic mass is 10.1. The number of carbonyl (C=O) groups is 1. The van der Waals surface area contributed by atoms with Crippen molar-refractivity contribution < 1.29 is 9.53 Å². The van der Waals surface area contributed by atoms with Gasteiger partial charge in [-0.15, -0.1) is 11.6 Å². The molecule has 0 aromatic heterocycles. The molecule has 15 heavy (non-hydrogen) atoms. The number of alkyl halides is 1. The number of amides is 1. The Balaban J connectivity index is 1.66. The third-order valence-electron chi connectivity index (χ3n) is 3.55. The summed E-state index contributed by atoms with van der Waals surface area (Å²) in [6.45, 7) is 1.00. The van der Waals surface area contributed by atoms with E-state index in [0.717, 1.165) is 0 Å². The van der Waals surface area contributed by atoms with Gasteiger partial charge in [-0.2, -0.15) is 0 Å². The fourth-order valence-electron chi connectivity index (χ4n) is 2.78. The van der Waals surface area contributed by atoms with Gasteiger partial charge in [0, 0.05) is 19.6 Å². The second kappa shape index (κ2) is 4.71. The van der Waals surface area contributed by atoms with E-state index in [2.05, 4.69) is 5.32 Å². The minimum Gasteiger partial charge on any atom is -0.383 e. The highest BCUT2D eigenvalue weighted by molar-refractivity contribution is 6.21. The number of rotatable bonds is 5. The topological polar surface area (TPSA) is 38.3 Å². The van der Waals surface area contributed by atoms with Gasteiger partial charge >= 0.3 is 0 Å². The normalized spacial score (nSPS) is 34.7. The van der Waals surface area contributed by atoms with E-state index < -0.39 is 0 Å². The van der Waals surface area contributed by atoms with Crippen molar-refractivity contribution in [3.05, 3.63) is 0 Å². The zero-order valence-electron chi connectivity index (χ0n) is 9.04. The van der Waals surface area contributed by atoms with Crippen LogP contribution in [0.1, 0.15) is 19.3 Å². The molecule has 3 unspecified atom stereocenters. The van der Waals surface area contributed by atoms with Crippen molar-refractivity contribution in [1.82, 2.24) is 5.32 Å². The van der Waals surface area contributed by atoms with Crippen LogP contribution in [0.2, 0.25) is 0 Å². The van der Waals surface area contributed by atoms with E-state index in [1.165, 1.54) is 19.3 Å². The highest BCUT2D eigenvalue weighted by Gasteiger charge is 2.56. The molecule has 2 rings (SSSR count). The van der Waals surface area contributed by atoms with E-state index in [0.29, 0.717) is 30.9 Å². The summed E-state index contributed by atoms with van der Waals surface area (Å²) in [5.74, 6) is 1.86. The molecule has 0 aromatic rings. The van der Waals surface area contributed by atoms with Crippen LogP contribution in [-0.2, 0) is 9.53 Å². The first-order valence-corrected chi connectivity index (χ1v) is 6.08. The van der Waals surface area contributed by atoms with Crippen LogP contribution in [0, 0.1) is 17.8 Å². The summed E-state index contributed by atoms with van der Waals surface area (Å²) in [6.07, 6.45) is 3.79. The molecule has 2 aliphatic carbocycles. The third kappa shape index (κ3) is 2.45. The minimum atomic E-state index is -0.113. The van der Waals surface area contributed by atoms with Crippen LogP contribution in [0.5, 0.6) is 0 Å². The molecule has 0 radical (unpaired) electrons. The molecule has 3 atom stereocenters. The first-order valence-electron chi connectivity index (χ1n) is 5.64. The Hall–Kier alpha value is -0.280. The molecule has 0 aliphatic heterocycles. The van der Waals surface area contributed by atoms with Crippen molar-refractivity contribution in [2.45, 2.75) is 24.6 Å². The maximum absolute atomic E-state index is 11.7. The molecule has 2 saturated carbocycles. The zero-order chi connectivity index (χ0) is 10.8.